The zero-order valence-corrected chi connectivity index (χ0v) is 22.6. The number of nitrogens with zero attached hydrogens (tertiary/aromatic N) is 1. The molecule has 202 valence electrons. The first-order valence-electron chi connectivity index (χ1n) is 11.6. The molecule has 0 unspecified atom stereocenters. The molecule has 0 saturated heterocycles. The number of rotatable bonds is 11. The van der Waals surface area contributed by atoms with Gasteiger partial charge in [-0.15, -0.1) is 11.3 Å². The predicted molar refractivity (Wildman–Crippen MR) is 146 cm³/mol. The SMILES string of the molecule is COc1cccc(F)c1Oc1ccc(NS(=O)(=O)c2ccc(NC(C)=O)cc2)cc1CC(=O)Cc1nccs1. The number of carbonyl (C=O) groups excluding carboxylic acids is 2. The number of methoxy groups -OCH3 is 1. The Kier molecular flexibility index (Phi) is 8.57. The van der Waals surface area contributed by atoms with Crippen LogP contribution < -0.4 is 19.5 Å². The lowest BCUT2D eigenvalue weighted by molar-refractivity contribution is -0.118. The van der Waals surface area contributed by atoms with E-state index in [1.165, 1.54) is 86.0 Å². The van der Waals surface area contributed by atoms with E-state index in [1.54, 1.807) is 11.6 Å². The summed E-state index contributed by atoms with van der Waals surface area (Å²) < 4.78 is 54.1. The van der Waals surface area contributed by atoms with Gasteiger partial charge in [0.25, 0.3) is 10.0 Å². The maximum absolute atomic E-state index is 14.6. The van der Waals surface area contributed by atoms with Crippen molar-refractivity contribution in [3.05, 3.63) is 88.6 Å². The molecule has 0 fully saturated rings. The van der Waals surface area contributed by atoms with Crippen molar-refractivity contribution >= 4 is 44.4 Å². The monoisotopic (exact) mass is 569 g/mol. The molecule has 0 aliphatic carbocycles. The van der Waals surface area contributed by atoms with Crippen LogP contribution in [0.2, 0.25) is 0 Å². The Balaban J connectivity index is 1.63. The van der Waals surface area contributed by atoms with Crippen LogP contribution >= 0.6 is 11.3 Å². The highest BCUT2D eigenvalue weighted by molar-refractivity contribution is 7.92. The van der Waals surface area contributed by atoms with Gasteiger partial charge in [0.05, 0.1) is 23.4 Å². The number of nitrogens with one attached hydrogen (secondary N) is 2. The third-order valence-corrected chi connectivity index (χ3v) is 7.56. The molecule has 0 radical (unpaired) electrons. The van der Waals surface area contributed by atoms with Crippen LogP contribution in [-0.4, -0.2) is 32.2 Å². The topological polar surface area (TPSA) is 124 Å². The van der Waals surface area contributed by atoms with Crippen molar-refractivity contribution in [2.75, 3.05) is 17.1 Å². The molecule has 0 saturated carbocycles. The number of benzene rings is 3. The van der Waals surface area contributed by atoms with Gasteiger partial charge in [-0.2, -0.15) is 0 Å². The van der Waals surface area contributed by atoms with E-state index in [1.807, 2.05) is 0 Å². The summed E-state index contributed by atoms with van der Waals surface area (Å²) in [5.41, 5.74) is 0.960. The summed E-state index contributed by atoms with van der Waals surface area (Å²) in [4.78, 5) is 28.2. The lowest BCUT2D eigenvalue weighted by Gasteiger charge is -2.16. The van der Waals surface area contributed by atoms with Gasteiger partial charge >= 0.3 is 0 Å². The van der Waals surface area contributed by atoms with E-state index in [0.717, 1.165) is 0 Å². The third-order valence-electron chi connectivity index (χ3n) is 5.38. The van der Waals surface area contributed by atoms with E-state index in [0.29, 0.717) is 16.3 Å². The molecule has 0 spiro atoms. The molecule has 9 nitrogen and oxygen atoms in total. The minimum Gasteiger partial charge on any atom is -0.493 e. The van der Waals surface area contributed by atoms with Gasteiger partial charge in [0, 0.05) is 41.9 Å². The first-order valence-corrected chi connectivity index (χ1v) is 13.9. The molecule has 4 aromatic rings. The van der Waals surface area contributed by atoms with Crippen LogP contribution in [0.25, 0.3) is 0 Å². The smallest absolute Gasteiger partial charge is 0.261 e. The molecule has 2 N–H and O–H groups in total. The number of sulfonamides is 1. The molecular formula is C27H24FN3O6S2. The third kappa shape index (κ3) is 7.18. The summed E-state index contributed by atoms with van der Waals surface area (Å²) in [6.07, 6.45) is 1.56. The van der Waals surface area contributed by atoms with Crippen LogP contribution in [0.15, 0.2) is 77.1 Å². The molecule has 4 rings (SSSR count). The Bertz CT molecular complexity index is 1590. The minimum atomic E-state index is -4.01. The number of ether oxygens (including phenoxy) is 2. The quantitative estimate of drug-likeness (QED) is 0.255. The van der Waals surface area contributed by atoms with Crippen molar-refractivity contribution in [2.24, 2.45) is 0 Å². The second kappa shape index (κ2) is 12.0. The van der Waals surface area contributed by atoms with Gasteiger partial charge in [-0.1, -0.05) is 6.07 Å². The number of hydrogen-bond acceptors (Lipinski definition) is 8. The van der Waals surface area contributed by atoms with Crippen LogP contribution in [-0.2, 0) is 32.5 Å². The molecule has 1 aromatic heterocycles. The number of thiazole rings is 1. The van der Waals surface area contributed by atoms with Crippen molar-refractivity contribution in [3.8, 4) is 17.2 Å². The summed E-state index contributed by atoms with van der Waals surface area (Å²) in [7, 11) is -2.64. The molecule has 0 aliphatic rings. The van der Waals surface area contributed by atoms with Crippen LogP contribution in [0.3, 0.4) is 0 Å². The predicted octanol–water partition coefficient (Wildman–Crippen LogP) is 5.20. The number of Topliss-reactive ketones (excluding diaryl/α,β-unsaturated/α-hetero) is 1. The number of halogens is 1. The van der Waals surface area contributed by atoms with Gasteiger partial charge in [-0.05, 0) is 54.6 Å². The van der Waals surface area contributed by atoms with Gasteiger partial charge < -0.3 is 14.8 Å². The summed E-state index contributed by atoms with van der Waals surface area (Å²) in [6.45, 7) is 1.35. The highest BCUT2D eigenvalue weighted by Gasteiger charge is 2.19. The van der Waals surface area contributed by atoms with Gasteiger partial charge in [-0.25, -0.2) is 17.8 Å². The molecule has 1 amide bonds. The van der Waals surface area contributed by atoms with Crippen molar-refractivity contribution in [3.63, 3.8) is 0 Å². The largest absolute Gasteiger partial charge is 0.493 e. The Morgan fingerprint density at radius 3 is 2.41 bits per heavy atom. The van der Waals surface area contributed by atoms with Gasteiger partial charge in [-0.3, -0.25) is 14.3 Å². The fourth-order valence-electron chi connectivity index (χ4n) is 3.66. The Hall–Kier alpha value is -4.29. The van der Waals surface area contributed by atoms with Crippen molar-refractivity contribution in [1.82, 2.24) is 4.98 Å². The molecular weight excluding hydrogens is 545 g/mol. The number of anilines is 2. The summed E-state index contributed by atoms with van der Waals surface area (Å²) in [5, 5.41) is 4.97. The number of para-hydroxylation sites is 1. The number of hydrogen-bond donors (Lipinski definition) is 2. The summed E-state index contributed by atoms with van der Waals surface area (Å²) >= 11 is 1.34. The molecule has 3 aromatic carbocycles. The molecule has 1 heterocycles. The van der Waals surface area contributed by atoms with Crippen LogP contribution in [0.4, 0.5) is 15.8 Å². The molecule has 0 atom stereocenters. The van der Waals surface area contributed by atoms with E-state index in [-0.39, 0.29) is 52.4 Å². The normalized spacial score (nSPS) is 11.1. The average Bonchev–Trinajstić information content (AvgIpc) is 3.39. The van der Waals surface area contributed by atoms with Gasteiger partial charge in [0.1, 0.15) is 11.5 Å². The van der Waals surface area contributed by atoms with E-state index >= 15 is 0 Å². The maximum Gasteiger partial charge on any atom is 0.261 e. The first-order chi connectivity index (χ1) is 18.6. The van der Waals surface area contributed by atoms with Crippen LogP contribution in [0, 0.1) is 5.82 Å². The first kappa shape index (κ1) is 27.7. The van der Waals surface area contributed by atoms with Crippen LogP contribution in [0.1, 0.15) is 17.5 Å². The van der Waals surface area contributed by atoms with E-state index in [2.05, 4.69) is 15.0 Å². The molecule has 0 bridgehead atoms. The number of ketones is 1. The number of aromatic nitrogens is 1. The summed E-state index contributed by atoms with van der Waals surface area (Å²) in [6, 6.07) is 14.2. The fourth-order valence-corrected chi connectivity index (χ4v) is 5.35. The van der Waals surface area contributed by atoms with Crippen molar-refractivity contribution in [2.45, 2.75) is 24.7 Å². The van der Waals surface area contributed by atoms with E-state index < -0.39 is 15.8 Å². The van der Waals surface area contributed by atoms with Gasteiger partial charge in [0.2, 0.25) is 11.7 Å². The Labute approximate surface area is 228 Å². The molecule has 12 heteroatoms. The zero-order chi connectivity index (χ0) is 28.0. The zero-order valence-electron chi connectivity index (χ0n) is 20.9. The number of carbonyl (C=O) groups is 2. The summed E-state index contributed by atoms with van der Waals surface area (Å²) in [5.74, 6) is -0.987. The maximum atomic E-state index is 14.6. The van der Waals surface area contributed by atoms with Crippen LogP contribution in [0.5, 0.6) is 17.2 Å². The standard InChI is InChI=1S/C27H24FN3O6S2/c1-17(32)30-19-6-9-22(10-7-19)39(34,35)31-20-8-11-24(37-27-23(28)4-3-5-25(27)36-2)18(14-20)15-21(33)16-26-29-12-13-38-26/h3-14,31H,15-16H2,1-2H3,(H,30,32). The lowest BCUT2D eigenvalue weighted by atomic mass is 10.1. The highest BCUT2D eigenvalue weighted by Crippen LogP contribution is 2.36. The van der Waals surface area contributed by atoms with E-state index in [9.17, 15) is 22.4 Å². The second-order valence-corrected chi connectivity index (χ2v) is 11.0. The van der Waals surface area contributed by atoms with E-state index in [4.69, 9.17) is 9.47 Å². The minimum absolute atomic E-state index is 0.0329. The average molecular weight is 570 g/mol. The Morgan fingerprint density at radius 1 is 1.00 bits per heavy atom. The highest BCUT2D eigenvalue weighted by atomic mass is 32.2. The van der Waals surface area contributed by atoms with Gasteiger partial charge in [0.15, 0.2) is 11.6 Å². The molecule has 39 heavy (non-hydrogen) atoms. The molecule has 0 aliphatic heterocycles. The lowest BCUT2D eigenvalue weighted by Crippen LogP contribution is -2.14. The Morgan fingerprint density at radius 2 is 1.74 bits per heavy atom. The fraction of sp³-hybridized carbons (Fsp3) is 0.148. The van der Waals surface area contributed by atoms with Crippen molar-refractivity contribution in [1.29, 1.82) is 0 Å². The number of amides is 1. The second-order valence-electron chi connectivity index (χ2n) is 8.32. The van der Waals surface area contributed by atoms with Crippen molar-refractivity contribution < 1.29 is 31.9 Å².